The molecule has 0 bridgehead atoms. The molecule has 82 valence electrons. The summed E-state index contributed by atoms with van der Waals surface area (Å²) in [6.45, 7) is 0.914. The van der Waals surface area contributed by atoms with E-state index in [4.69, 9.17) is 4.74 Å². The van der Waals surface area contributed by atoms with Crippen molar-refractivity contribution in [2.45, 2.75) is 18.9 Å². The molecule has 3 nitrogen and oxygen atoms in total. The fraction of sp³-hybridized carbons (Fsp3) is 0.545. The van der Waals surface area contributed by atoms with Gasteiger partial charge >= 0.3 is 5.97 Å². The number of esters is 1. The summed E-state index contributed by atoms with van der Waals surface area (Å²) in [6.07, 6.45) is 2.57. The highest BCUT2D eigenvalue weighted by atomic mass is 32.1. The van der Waals surface area contributed by atoms with Crippen molar-refractivity contribution in [1.29, 1.82) is 0 Å². The van der Waals surface area contributed by atoms with E-state index in [0.717, 1.165) is 17.3 Å². The Hall–Kier alpha value is -0.870. The van der Waals surface area contributed by atoms with Crippen molar-refractivity contribution in [3.8, 4) is 0 Å². The molecule has 1 heterocycles. The summed E-state index contributed by atoms with van der Waals surface area (Å²) in [4.78, 5) is 12.6. The molecule has 1 fully saturated rings. The highest BCUT2D eigenvalue weighted by molar-refractivity contribution is 7.10. The summed E-state index contributed by atoms with van der Waals surface area (Å²) in [5, 5.41) is 5.25. The number of carbonyl (C=O) groups excluding carboxylic acids is 1. The second kappa shape index (κ2) is 4.77. The van der Waals surface area contributed by atoms with Crippen molar-refractivity contribution >= 4 is 17.3 Å². The third kappa shape index (κ3) is 2.79. The number of methoxy groups -OCH3 is 1. The van der Waals surface area contributed by atoms with Gasteiger partial charge in [0.1, 0.15) is 6.04 Å². The van der Waals surface area contributed by atoms with Gasteiger partial charge in [0, 0.05) is 4.88 Å². The van der Waals surface area contributed by atoms with Gasteiger partial charge in [-0.3, -0.25) is 5.32 Å². The summed E-state index contributed by atoms with van der Waals surface area (Å²) >= 11 is 1.58. The first-order valence-electron chi connectivity index (χ1n) is 5.16. The van der Waals surface area contributed by atoms with Crippen molar-refractivity contribution in [1.82, 2.24) is 5.32 Å². The third-order valence-electron chi connectivity index (χ3n) is 2.57. The Morgan fingerprint density at radius 1 is 1.73 bits per heavy atom. The Balaban J connectivity index is 1.98. The average Bonchev–Trinajstić information content (AvgIpc) is 2.92. The summed E-state index contributed by atoms with van der Waals surface area (Å²) in [5.74, 6) is 0.565. The van der Waals surface area contributed by atoms with Gasteiger partial charge in [-0.2, -0.15) is 0 Å². The summed E-state index contributed by atoms with van der Waals surface area (Å²) in [5.41, 5.74) is 0. The molecule has 1 N–H and O–H groups in total. The SMILES string of the molecule is COC(=O)C(NCC1CC1)c1cccs1. The molecular formula is C11H15NO2S. The number of carbonyl (C=O) groups is 1. The van der Waals surface area contributed by atoms with Crippen LogP contribution in [0.4, 0.5) is 0 Å². The molecular weight excluding hydrogens is 210 g/mol. The molecule has 2 rings (SSSR count). The molecule has 15 heavy (non-hydrogen) atoms. The zero-order valence-corrected chi connectivity index (χ0v) is 9.55. The second-order valence-corrected chi connectivity index (χ2v) is 4.80. The Morgan fingerprint density at radius 2 is 2.53 bits per heavy atom. The molecule has 0 aromatic carbocycles. The van der Waals surface area contributed by atoms with Gasteiger partial charge in [0.2, 0.25) is 0 Å². The van der Waals surface area contributed by atoms with E-state index < -0.39 is 0 Å². The van der Waals surface area contributed by atoms with Crippen LogP contribution in [0, 0.1) is 5.92 Å². The van der Waals surface area contributed by atoms with Crippen LogP contribution in [0.5, 0.6) is 0 Å². The van der Waals surface area contributed by atoms with Gasteiger partial charge in [-0.05, 0) is 36.8 Å². The topological polar surface area (TPSA) is 38.3 Å². The van der Waals surface area contributed by atoms with Crippen molar-refractivity contribution < 1.29 is 9.53 Å². The fourth-order valence-electron chi connectivity index (χ4n) is 1.48. The molecule has 0 spiro atoms. The number of rotatable bonds is 5. The van der Waals surface area contributed by atoms with Crippen LogP contribution in [0.15, 0.2) is 17.5 Å². The average molecular weight is 225 g/mol. The lowest BCUT2D eigenvalue weighted by Gasteiger charge is -2.14. The predicted molar refractivity (Wildman–Crippen MR) is 59.8 cm³/mol. The lowest BCUT2D eigenvalue weighted by Crippen LogP contribution is -2.30. The molecule has 1 aliphatic carbocycles. The van der Waals surface area contributed by atoms with Crippen LogP contribution in [0.2, 0.25) is 0 Å². The van der Waals surface area contributed by atoms with Gasteiger partial charge in [0.15, 0.2) is 0 Å². The molecule has 1 unspecified atom stereocenters. The van der Waals surface area contributed by atoms with Gasteiger partial charge < -0.3 is 4.74 Å². The van der Waals surface area contributed by atoms with Gasteiger partial charge in [0.25, 0.3) is 0 Å². The number of hydrogen-bond donors (Lipinski definition) is 1. The van der Waals surface area contributed by atoms with E-state index in [9.17, 15) is 4.79 Å². The fourth-order valence-corrected chi connectivity index (χ4v) is 2.27. The van der Waals surface area contributed by atoms with Crippen LogP contribution in [0.1, 0.15) is 23.8 Å². The third-order valence-corrected chi connectivity index (χ3v) is 3.51. The number of ether oxygens (including phenoxy) is 1. The van der Waals surface area contributed by atoms with Crippen LogP contribution >= 0.6 is 11.3 Å². The molecule has 0 saturated heterocycles. The van der Waals surface area contributed by atoms with Gasteiger partial charge in [-0.15, -0.1) is 11.3 Å². The Morgan fingerprint density at radius 3 is 3.07 bits per heavy atom. The smallest absolute Gasteiger partial charge is 0.328 e. The van der Waals surface area contributed by atoms with Crippen LogP contribution in [-0.2, 0) is 9.53 Å². The molecule has 4 heteroatoms. The van der Waals surface area contributed by atoms with Gasteiger partial charge in [-0.1, -0.05) is 6.07 Å². The Bertz CT molecular complexity index is 319. The van der Waals surface area contributed by atoms with Crippen LogP contribution in [0.25, 0.3) is 0 Å². The van der Waals surface area contributed by atoms with Crippen LogP contribution in [-0.4, -0.2) is 19.6 Å². The van der Waals surface area contributed by atoms with E-state index >= 15 is 0 Å². The van der Waals surface area contributed by atoms with E-state index in [2.05, 4.69) is 5.32 Å². The molecule has 0 radical (unpaired) electrons. The predicted octanol–water partition coefficient (Wildman–Crippen LogP) is 1.96. The minimum Gasteiger partial charge on any atom is -0.468 e. The van der Waals surface area contributed by atoms with E-state index in [1.807, 2.05) is 17.5 Å². The first kappa shape index (κ1) is 10.6. The number of hydrogen-bond acceptors (Lipinski definition) is 4. The molecule has 0 aliphatic heterocycles. The summed E-state index contributed by atoms with van der Waals surface area (Å²) < 4.78 is 4.79. The quantitative estimate of drug-likeness (QED) is 0.778. The van der Waals surface area contributed by atoms with Crippen LogP contribution < -0.4 is 5.32 Å². The maximum atomic E-state index is 11.6. The highest BCUT2D eigenvalue weighted by Gasteiger charge is 2.26. The van der Waals surface area contributed by atoms with E-state index in [1.165, 1.54) is 20.0 Å². The first-order chi connectivity index (χ1) is 7.31. The summed E-state index contributed by atoms with van der Waals surface area (Å²) in [6, 6.07) is 3.64. The van der Waals surface area contributed by atoms with E-state index in [-0.39, 0.29) is 12.0 Å². The van der Waals surface area contributed by atoms with Crippen molar-refractivity contribution in [3.63, 3.8) is 0 Å². The van der Waals surface area contributed by atoms with Gasteiger partial charge in [0.05, 0.1) is 7.11 Å². The van der Waals surface area contributed by atoms with Gasteiger partial charge in [-0.25, -0.2) is 4.79 Å². The van der Waals surface area contributed by atoms with E-state index in [0.29, 0.717) is 0 Å². The Kier molecular flexibility index (Phi) is 3.38. The van der Waals surface area contributed by atoms with E-state index in [1.54, 1.807) is 11.3 Å². The first-order valence-corrected chi connectivity index (χ1v) is 6.04. The molecule has 1 aliphatic rings. The maximum absolute atomic E-state index is 11.6. The largest absolute Gasteiger partial charge is 0.468 e. The lowest BCUT2D eigenvalue weighted by molar-refractivity contribution is -0.143. The minimum absolute atomic E-state index is 0.196. The molecule has 1 atom stereocenters. The molecule has 0 amide bonds. The normalized spacial score (nSPS) is 17.4. The monoisotopic (exact) mass is 225 g/mol. The molecule has 1 aromatic heterocycles. The lowest BCUT2D eigenvalue weighted by atomic mass is 10.2. The minimum atomic E-state index is -0.282. The molecule has 1 aromatic rings. The molecule has 1 saturated carbocycles. The van der Waals surface area contributed by atoms with Crippen molar-refractivity contribution in [3.05, 3.63) is 22.4 Å². The zero-order chi connectivity index (χ0) is 10.7. The zero-order valence-electron chi connectivity index (χ0n) is 8.73. The maximum Gasteiger partial charge on any atom is 0.328 e. The van der Waals surface area contributed by atoms with Crippen molar-refractivity contribution in [2.24, 2.45) is 5.92 Å². The van der Waals surface area contributed by atoms with Crippen molar-refractivity contribution in [2.75, 3.05) is 13.7 Å². The number of thiophene rings is 1. The standard InChI is InChI=1S/C11H15NO2S/c1-14-11(13)10(9-3-2-6-15-9)12-7-8-4-5-8/h2-3,6,8,10,12H,4-5,7H2,1H3. The summed E-state index contributed by atoms with van der Waals surface area (Å²) in [7, 11) is 1.43. The Labute approximate surface area is 93.4 Å². The second-order valence-electron chi connectivity index (χ2n) is 3.82. The highest BCUT2D eigenvalue weighted by Crippen LogP contribution is 2.29. The van der Waals surface area contributed by atoms with Crippen LogP contribution in [0.3, 0.4) is 0 Å². The number of nitrogens with one attached hydrogen (secondary N) is 1.